The summed E-state index contributed by atoms with van der Waals surface area (Å²) in [6, 6.07) is 16.4. The maximum Gasteiger partial charge on any atom is 0.335 e. The number of imidazole rings is 1. The summed E-state index contributed by atoms with van der Waals surface area (Å²) >= 11 is 0. The van der Waals surface area contributed by atoms with Crippen LogP contribution in [0.25, 0.3) is 11.3 Å². The second-order valence-electron chi connectivity index (χ2n) is 8.76. The molecule has 33 heavy (non-hydrogen) atoms. The molecule has 7 nitrogen and oxygen atoms in total. The number of H-pyrrole nitrogens is 1. The van der Waals surface area contributed by atoms with E-state index in [9.17, 15) is 14.7 Å². The van der Waals surface area contributed by atoms with E-state index in [1.165, 1.54) is 0 Å². The van der Waals surface area contributed by atoms with Gasteiger partial charge >= 0.3 is 5.97 Å². The van der Waals surface area contributed by atoms with Crippen molar-refractivity contribution < 1.29 is 14.7 Å². The lowest BCUT2D eigenvalue weighted by Gasteiger charge is -2.28. The fourth-order valence-electron chi connectivity index (χ4n) is 4.49. The fraction of sp³-hybridized carbons (Fsp3) is 0.346. The van der Waals surface area contributed by atoms with E-state index in [2.05, 4.69) is 10.3 Å². The van der Waals surface area contributed by atoms with E-state index < -0.39 is 5.97 Å². The second-order valence-corrected chi connectivity index (χ2v) is 8.76. The van der Waals surface area contributed by atoms with Crippen LogP contribution in [0.3, 0.4) is 0 Å². The van der Waals surface area contributed by atoms with E-state index in [1.807, 2.05) is 36.4 Å². The van der Waals surface area contributed by atoms with Crippen LogP contribution in [0.1, 0.15) is 53.5 Å². The second kappa shape index (κ2) is 10.4. The van der Waals surface area contributed by atoms with Crippen molar-refractivity contribution in [1.29, 1.82) is 0 Å². The molecule has 0 aliphatic heterocycles. The summed E-state index contributed by atoms with van der Waals surface area (Å²) < 4.78 is 0. The summed E-state index contributed by atoms with van der Waals surface area (Å²) in [6.07, 6.45) is 6.06. The number of aromatic nitrogens is 2. The highest BCUT2D eigenvalue weighted by molar-refractivity contribution is 5.89. The molecule has 7 heteroatoms. The number of hydrogen-bond donors (Lipinski definition) is 4. The number of nitrogens with zero attached hydrogens (tertiary/aromatic N) is 1. The van der Waals surface area contributed by atoms with Crippen LogP contribution < -0.4 is 11.1 Å². The molecule has 0 spiro atoms. The molecule has 1 aliphatic carbocycles. The number of rotatable bonds is 8. The van der Waals surface area contributed by atoms with Gasteiger partial charge in [-0.1, -0.05) is 42.5 Å². The number of nitrogens with one attached hydrogen (secondary N) is 2. The average molecular weight is 447 g/mol. The highest BCUT2D eigenvalue weighted by atomic mass is 16.4. The van der Waals surface area contributed by atoms with Crippen LogP contribution in [0.15, 0.2) is 60.8 Å². The minimum atomic E-state index is -0.980. The molecule has 172 valence electrons. The Morgan fingerprint density at radius 2 is 1.85 bits per heavy atom. The van der Waals surface area contributed by atoms with Crippen LogP contribution in [0.2, 0.25) is 0 Å². The van der Waals surface area contributed by atoms with Gasteiger partial charge in [-0.05, 0) is 62.3 Å². The first-order valence-electron chi connectivity index (χ1n) is 11.5. The summed E-state index contributed by atoms with van der Waals surface area (Å²) in [5.41, 5.74) is 8.46. The van der Waals surface area contributed by atoms with Gasteiger partial charge in [0.2, 0.25) is 5.91 Å². The van der Waals surface area contributed by atoms with Gasteiger partial charge in [-0.2, -0.15) is 0 Å². The molecule has 1 aromatic heterocycles. The van der Waals surface area contributed by atoms with Crippen LogP contribution in [0, 0.1) is 11.8 Å². The highest BCUT2D eigenvalue weighted by Crippen LogP contribution is 2.29. The van der Waals surface area contributed by atoms with Gasteiger partial charge in [0.25, 0.3) is 0 Å². The first-order valence-corrected chi connectivity index (χ1v) is 11.5. The Morgan fingerprint density at radius 3 is 2.55 bits per heavy atom. The van der Waals surface area contributed by atoms with E-state index in [0.717, 1.165) is 31.2 Å². The largest absolute Gasteiger partial charge is 0.478 e. The lowest BCUT2D eigenvalue weighted by atomic mass is 9.81. The van der Waals surface area contributed by atoms with Gasteiger partial charge in [-0.15, -0.1) is 0 Å². The smallest absolute Gasteiger partial charge is 0.335 e. The third-order valence-electron chi connectivity index (χ3n) is 6.48. The molecule has 4 rings (SSSR count). The molecular weight excluding hydrogens is 416 g/mol. The summed E-state index contributed by atoms with van der Waals surface area (Å²) in [6.45, 7) is 0.684. The Bertz CT molecular complexity index is 1090. The molecule has 3 aromatic rings. The van der Waals surface area contributed by atoms with Gasteiger partial charge < -0.3 is 21.1 Å². The average Bonchev–Trinajstić information content (AvgIpc) is 3.35. The summed E-state index contributed by atoms with van der Waals surface area (Å²) in [4.78, 5) is 32.4. The third-order valence-corrected chi connectivity index (χ3v) is 6.48. The van der Waals surface area contributed by atoms with Crippen molar-refractivity contribution in [2.75, 3.05) is 6.54 Å². The topological polar surface area (TPSA) is 121 Å². The quantitative estimate of drug-likeness (QED) is 0.418. The van der Waals surface area contributed by atoms with Gasteiger partial charge in [0.05, 0.1) is 17.3 Å². The minimum Gasteiger partial charge on any atom is -0.478 e. The highest BCUT2D eigenvalue weighted by Gasteiger charge is 2.28. The fourth-order valence-corrected chi connectivity index (χ4v) is 4.49. The minimum absolute atomic E-state index is 0.00671. The van der Waals surface area contributed by atoms with Crippen molar-refractivity contribution >= 4 is 11.9 Å². The number of aromatic carboxylic acids is 1. The molecule has 1 atom stereocenters. The molecule has 1 amide bonds. The molecule has 0 saturated heterocycles. The predicted molar refractivity (Wildman–Crippen MR) is 127 cm³/mol. The van der Waals surface area contributed by atoms with E-state index in [-0.39, 0.29) is 23.4 Å². The molecule has 2 aromatic carbocycles. The van der Waals surface area contributed by atoms with E-state index >= 15 is 0 Å². The molecule has 0 unspecified atom stereocenters. The van der Waals surface area contributed by atoms with Crippen molar-refractivity contribution in [1.82, 2.24) is 15.3 Å². The summed E-state index contributed by atoms with van der Waals surface area (Å²) in [5, 5.41) is 12.5. The van der Waals surface area contributed by atoms with Crippen LogP contribution in [0.5, 0.6) is 0 Å². The Morgan fingerprint density at radius 1 is 1.09 bits per heavy atom. The zero-order valence-electron chi connectivity index (χ0n) is 18.5. The van der Waals surface area contributed by atoms with Crippen molar-refractivity contribution in [2.45, 2.75) is 38.1 Å². The van der Waals surface area contributed by atoms with Crippen molar-refractivity contribution in [2.24, 2.45) is 17.6 Å². The van der Waals surface area contributed by atoms with Crippen molar-refractivity contribution in [3.63, 3.8) is 0 Å². The molecule has 0 bridgehead atoms. The number of amides is 1. The number of benzene rings is 2. The molecule has 1 heterocycles. The zero-order valence-corrected chi connectivity index (χ0v) is 18.5. The number of carboxylic acids is 1. The van der Waals surface area contributed by atoms with Crippen LogP contribution in [-0.2, 0) is 11.2 Å². The van der Waals surface area contributed by atoms with Crippen LogP contribution in [0.4, 0.5) is 0 Å². The first-order chi connectivity index (χ1) is 16.0. The van der Waals surface area contributed by atoms with E-state index in [1.54, 1.807) is 24.4 Å². The van der Waals surface area contributed by atoms with Gasteiger partial charge in [0, 0.05) is 17.7 Å². The van der Waals surface area contributed by atoms with Crippen molar-refractivity contribution in [3.8, 4) is 11.3 Å². The monoisotopic (exact) mass is 446 g/mol. The number of carboxylic acid groups (broad SMARTS) is 1. The molecular formula is C26H30N4O3. The normalized spacial score (nSPS) is 19.1. The zero-order chi connectivity index (χ0) is 23.2. The van der Waals surface area contributed by atoms with E-state index in [4.69, 9.17) is 10.7 Å². The third kappa shape index (κ3) is 5.68. The van der Waals surface area contributed by atoms with Crippen LogP contribution in [-0.4, -0.2) is 33.5 Å². The lowest BCUT2D eigenvalue weighted by Crippen LogP contribution is -2.37. The number of carbonyl (C=O) groups is 2. The Hall–Kier alpha value is -3.45. The van der Waals surface area contributed by atoms with Gasteiger partial charge in [0.15, 0.2) is 0 Å². The number of carbonyl (C=O) groups excluding carboxylic acids is 1. The Kier molecular flexibility index (Phi) is 7.19. The van der Waals surface area contributed by atoms with Gasteiger partial charge in [0.1, 0.15) is 5.82 Å². The summed E-state index contributed by atoms with van der Waals surface area (Å²) in [7, 11) is 0. The maximum atomic E-state index is 13.1. The van der Waals surface area contributed by atoms with Crippen LogP contribution >= 0.6 is 0 Å². The van der Waals surface area contributed by atoms with Gasteiger partial charge in [-0.25, -0.2) is 9.78 Å². The Balaban J connectivity index is 1.54. The molecule has 1 saturated carbocycles. The number of hydrogen-bond acceptors (Lipinski definition) is 4. The number of nitrogens with two attached hydrogens (primary N) is 1. The van der Waals surface area contributed by atoms with Crippen molar-refractivity contribution in [3.05, 3.63) is 77.7 Å². The molecule has 0 radical (unpaired) electrons. The standard InChI is InChI=1S/C26H30N4O3/c27-15-18-9-11-19(12-10-18)25(31)30-22(13-17-5-2-1-3-6-17)24-28-16-23(29-24)20-7-4-8-21(14-20)26(32)33/h1-8,14,16,18-19,22H,9-13,15,27H2,(H,28,29)(H,30,31)(H,32,33)/t18-,19-,22-/m0/s1. The maximum absolute atomic E-state index is 13.1. The summed E-state index contributed by atoms with van der Waals surface area (Å²) in [5.74, 6) is 0.234. The van der Waals surface area contributed by atoms with Gasteiger partial charge in [-0.3, -0.25) is 4.79 Å². The molecule has 1 aliphatic rings. The molecule has 1 fully saturated rings. The van der Waals surface area contributed by atoms with E-state index in [0.29, 0.717) is 36.0 Å². The first kappa shape index (κ1) is 22.7. The Labute approximate surface area is 193 Å². The lowest BCUT2D eigenvalue weighted by molar-refractivity contribution is -0.127. The number of aromatic amines is 1. The SMILES string of the molecule is NC[C@H]1CC[C@H](C(=O)N[C@@H](Cc2ccccc2)c2nc(-c3cccc(C(=O)O)c3)c[nH]2)CC1. The molecule has 5 N–H and O–H groups in total. The predicted octanol–water partition coefficient (Wildman–Crippen LogP) is 3.94.